The number of thioether (sulfide) groups is 1. The number of ether oxygens (including phenoxy) is 4. The quantitative estimate of drug-likeness (QED) is 0.0146. The summed E-state index contributed by atoms with van der Waals surface area (Å²) in [5.74, 6) is -1.10. The van der Waals surface area contributed by atoms with E-state index < -0.39 is 137 Å². The number of benzene rings is 1. The molecule has 0 spiro atoms. The molecular formula is C85H108ClN27O25S2. The van der Waals surface area contributed by atoms with E-state index in [1.54, 1.807) is 54.9 Å². The largest absolute Gasteiger partial charge is 0.464 e. The van der Waals surface area contributed by atoms with Crippen LogP contribution >= 0.6 is 23.4 Å². The van der Waals surface area contributed by atoms with Crippen LogP contribution in [0.25, 0.3) is 66.2 Å². The Bertz CT molecular complexity index is 6810. The molecule has 0 bridgehead atoms. The van der Waals surface area contributed by atoms with Gasteiger partial charge in [0.2, 0.25) is 0 Å². The number of aliphatic hydroxyl groups is 10. The van der Waals surface area contributed by atoms with Crippen LogP contribution in [0.4, 0.5) is 17.5 Å². The Morgan fingerprint density at radius 2 is 0.750 bits per heavy atom. The van der Waals surface area contributed by atoms with Gasteiger partial charge in [0.05, 0.1) is 144 Å². The monoisotopic (exact) mass is 2010 g/mol. The minimum Gasteiger partial charge on any atom is -0.464 e. The van der Waals surface area contributed by atoms with Crippen LogP contribution in [-0.4, -0.2) is 327 Å². The number of carbonyl (C=O) groups is 5. The summed E-state index contributed by atoms with van der Waals surface area (Å²) in [6.45, 7) is 9.61. The first-order chi connectivity index (χ1) is 66.3. The highest BCUT2D eigenvalue weighted by molar-refractivity contribution is 7.98. The third-order valence-corrected chi connectivity index (χ3v) is 27.1. The molecular weight excluding hydrogens is 1900 g/mol. The van der Waals surface area contributed by atoms with Gasteiger partial charge in [-0.3, -0.25) is 43.1 Å². The zero-order valence-corrected chi connectivity index (χ0v) is 78.3. The number of nitrogens with two attached hydrogens (primary N) is 3. The maximum absolute atomic E-state index is 12.4. The van der Waals surface area contributed by atoms with Crippen molar-refractivity contribution in [3.05, 3.63) is 164 Å². The summed E-state index contributed by atoms with van der Waals surface area (Å²) in [6.07, 6.45) is 10.5. The molecule has 0 radical (unpaired) electrons. The number of aromatic amines is 8. The topological polar surface area (TPSA) is 839 Å². The van der Waals surface area contributed by atoms with Crippen molar-refractivity contribution in [1.82, 2.24) is 122 Å². The van der Waals surface area contributed by atoms with Gasteiger partial charge in [-0.15, -0.1) is 0 Å². The van der Waals surface area contributed by atoms with E-state index in [4.69, 9.17) is 62.1 Å². The third-order valence-electron chi connectivity index (χ3n) is 24.8. The fourth-order valence-electron chi connectivity index (χ4n) is 18.0. The van der Waals surface area contributed by atoms with E-state index in [1.165, 1.54) is 84.7 Å². The Hall–Kier alpha value is -12.6. The first-order valence-electron chi connectivity index (χ1n) is 43.4. The molecule has 24 unspecified atom stereocenters. The van der Waals surface area contributed by atoms with Crippen LogP contribution in [-0.2, 0) is 57.2 Å². The van der Waals surface area contributed by atoms with Crippen LogP contribution in [0.1, 0.15) is 117 Å². The second-order valence-electron chi connectivity index (χ2n) is 33.8. The van der Waals surface area contributed by atoms with Gasteiger partial charge >= 0.3 is 23.9 Å². The molecule has 0 saturated carbocycles. The fourth-order valence-corrected chi connectivity index (χ4v) is 19.7. The summed E-state index contributed by atoms with van der Waals surface area (Å²) in [7, 11) is -3.99. The first-order valence-corrected chi connectivity index (χ1v) is 46.6. The molecule has 0 amide bonds. The van der Waals surface area contributed by atoms with E-state index in [1.807, 2.05) is 26.3 Å². The summed E-state index contributed by atoms with van der Waals surface area (Å²) < 4.78 is 50.9. The van der Waals surface area contributed by atoms with Gasteiger partial charge in [-0.05, 0) is 32.2 Å². The molecule has 140 heavy (non-hydrogen) atoms. The zero-order chi connectivity index (χ0) is 100. The Morgan fingerprint density at radius 3 is 1.15 bits per heavy atom. The summed E-state index contributed by atoms with van der Waals surface area (Å²) in [4.78, 5) is 145. The number of ketones is 1. The van der Waals surface area contributed by atoms with Gasteiger partial charge in [-0.25, -0.2) is 49.8 Å². The van der Waals surface area contributed by atoms with E-state index in [-0.39, 0.29) is 114 Å². The normalized spacial score (nSPS) is 27.3. The minimum absolute atomic E-state index is 0. The molecule has 32 N–H and O–H groups in total. The van der Waals surface area contributed by atoms with Gasteiger partial charge in [0, 0.05) is 128 Å². The molecule has 13 aromatic rings. The number of fused-ring (bicyclic) bond motifs is 6. The maximum Gasteiger partial charge on any atom is 0.302 e. The van der Waals surface area contributed by atoms with Gasteiger partial charge in [-0.1, -0.05) is 36.2 Å². The summed E-state index contributed by atoms with van der Waals surface area (Å²) in [5.41, 5.74) is 28.1. The number of esters is 4. The number of Topliss-reactive ketones (excluding diaryl/α,β-unsaturated/α-hetero) is 1. The van der Waals surface area contributed by atoms with Crippen LogP contribution in [0, 0.1) is 18.8 Å². The van der Waals surface area contributed by atoms with Crippen LogP contribution in [0.2, 0.25) is 5.15 Å². The summed E-state index contributed by atoms with van der Waals surface area (Å²) >= 11 is 7.72. The standard InChI is InChI=1S/C18H21N5O5S.C17H20N4O6.C16H19ClN4O4.C12H17N5O2S.C11H15N5O3.C11H14N4O4.H2O/c1-9-2-4-10(5-3-9)29(26,27)28-7-12-16(24)17(25)14(23-12)11-6-20-15-13(11)21-8-22-18(15)19;1-7(22)12-13(10-4-18-15-14(10)19-6-20-17(15)25)21-11(5-26-8(2)23)16(12)27-9(3)24;1-7-12(10-4-18-14-13(10)19-6-20-16(14)17)21-11(5-24-8(2)22)15(7)25-9(3)23;1-20-3-6-10(18)11(19)8(17-6)5-2-14-9-7(5)15-4-16-12(9)13;12-11-8-6(14-3-15-11)4(1-13-8)7-10(19)9(18)5(2-17)16-7;16-2-5-9(17)10(18)7(15-5)4-1-12-8-6(4)13-3-14-11(8)19;/h2-6,8,12,14,16-17,20,23-25H,7H2,1H3,(H2,19,21,22);4,6,11-13,16,18,21H,5H2,1-3H3,(H,19,20,25);4,6-7,11-12,15,18,21H,5H2,1-3H3;2,4,6,8,10-11,14,17-19H,3H2,1H3,(H2,13,15,16);1,3,5,7,9-10,13,16-19H,2H2,(H2,12,14,15);1,3,5,7,9-10,12,15-18H,2H2,(H,13,14,19);1H2. The number of nitrogen functional groups attached to an aromatic ring is 3. The van der Waals surface area contributed by atoms with E-state index in [0.717, 1.165) is 22.4 Å². The summed E-state index contributed by atoms with van der Waals surface area (Å²) in [5, 5.41) is 118. The molecule has 0 aliphatic carbocycles. The van der Waals surface area contributed by atoms with Crippen molar-refractivity contribution in [3.8, 4) is 0 Å². The van der Waals surface area contributed by atoms with Crippen molar-refractivity contribution >= 4 is 147 Å². The SMILES string of the molecule is CC(=O)OCC1NC(c2c[nH]c3c(=O)[nH]cnc23)C(C(C)=O)C1OC(C)=O.CC(=O)OCC1NC(c2c[nH]c3c(Cl)ncnc23)C(C)C1OC(C)=O.CSCC1NC(c2c[nH]c3c(N)ncnc23)C(O)C1O.Cc1ccc(S(=O)(=O)OCC2NC(c3c[nH]c4c(N)ncnc34)C(O)C2O)cc1.Nc1ncnc2c(C3NC(CO)C(O)C3O)c[nH]c12.O.O=c1[nH]cnc2c(C3NC(CO)C(O)C3O)c[nH]c12. The van der Waals surface area contributed by atoms with Crippen molar-refractivity contribution in [1.29, 1.82) is 0 Å². The third kappa shape index (κ3) is 22.1. The number of nitrogens with zero attached hydrogens (tertiary/aromatic N) is 10. The highest BCUT2D eigenvalue weighted by Gasteiger charge is 2.52. The zero-order valence-electron chi connectivity index (χ0n) is 75.9. The molecule has 6 aliphatic rings. The van der Waals surface area contributed by atoms with Gasteiger partial charge in [-0.2, -0.15) is 20.2 Å². The van der Waals surface area contributed by atoms with Crippen molar-refractivity contribution in [2.45, 2.75) is 187 Å². The number of aryl methyl sites for hydroxylation is 1. The van der Waals surface area contributed by atoms with Gasteiger partial charge in [0.25, 0.3) is 21.2 Å². The van der Waals surface area contributed by atoms with E-state index >= 15 is 0 Å². The molecule has 6 saturated heterocycles. The van der Waals surface area contributed by atoms with E-state index in [2.05, 4.69) is 122 Å². The Balaban J connectivity index is 0.000000142. The predicted molar refractivity (Wildman–Crippen MR) is 501 cm³/mol. The highest BCUT2D eigenvalue weighted by atomic mass is 35.5. The van der Waals surface area contributed by atoms with Crippen LogP contribution < -0.4 is 60.2 Å². The molecule has 6 fully saturated rings. The number of halogens is 1. The molecule has 24 atom stereocenters. The lowest BCUT2D eigenvalue weighted by molar-refractivity contribution is -0.153. The molecule has 1 aromatic carbocycles. The lowest BCUT2D eigenvalue weighted by atomic mass is 9.89. The van der Waals surface area contributed by atoms with Gasteiger partial charge < -0.3 is 159 Å². The molecule has 12 aromatic heterocycles. The van der Waals surface area contributed by atoms with E-state index in [0.29, 0.717) is 99.7 Å². The minimum atomic E-state index is -3.99. The number of H-pyrrole nitrogens is 8. The number of carbonyl (C=O) groups excluding carboxylic acids is 5. The van der Waals surface area contributed by atoms with Gasteiger partial charge in [0.15, 0.2) is 22.6 Å². The lowest BCUT2D eigenvalue weighted by Crippen LogP contribution is -2.40. The molecule has 19 rings (SSSR count). The number of nitrogens with one attached hydrogen (secondary N) is 14. The number of aliphatic hydroxyl groups excluding tert-OH is 10. The molecule has 52 nitrogen and oxygen atoms in total. The van der Waals surface area contributed by atoms with Crippen molar-refractivity contribution in [2.24, 2.45) is 11.8 Å². The average Bonchev–Trinajstić information content (AvgIpc) is 1.63. The van der Waals surface area contributed by atoms with Crippen LogP contribution in [0.5, 0.6) is 0 Å². The Kier molecular flexibility index (Phi) is 33.6. The molecule has 55 heteroatoms. The number of anilines is 3. The molecule has 18 heterocycles. The maximum atomic E-state index is 12.4. The highest BCUT2D eigenvalue weighted by Crippen LogP contribution is 2.43. The Morgan fingerprint density at radius 1 is 0.414 bits per heavy atom. The molecule has 6 aliphatic heterocycles. The van der Waals surface area contributed by atoms with E-state index in [9.17, 15) is 82.8 Å². The summed E-state index contributed by atoms with van der Waals surface area (Å²) in [6, 6.07) is 0.350. The lowest BCUT2D eigenvalue weighted by Gasteiger charge is -2.22. The van der Waals surface area contributed by atoms with Crippen molar-refractivity contribution in [3.63, 3.8) is 0 Å². The van der Waals surface area contributed by atoms with Gasteiger partial charge in [0.1, 0.15) is 125 Å². The second-order valence-corrected chi connectivity index (χ2v) is 36.6. The van der Waals surface area contributed by atoms with Crippen molar-refractivity contribution in [2.75, 3.05) is 62.2 Å². The number of hydrogen-bond donors (Lipinski definition) is 27. The second kappa shape index (κ2) is 44.9. The first kappa shape index (κ1) is 105. The van der Waals surface area contributed by atoms with Crippen LogP contribution in [0.3, 0.4) is 0 Å². The van der Waals surface area contributed by atoms with Crippen LogP contribution in [0.15, 0.2) is 114 Å². The number of rotatable bonds is 21. The fraction of sp³-hybridized carbons (Fsp3) is 0.447. The predicted octanol–water partition coefficient (Wildman–Crippen LogP) is -3.23. The molecule has 752 valence electrons. The van der Waals surface area contributed by atoms with Crippen molar-refractivity contribution < 1.29 is 112 Å². The smallest absolute Gasteiger partial charge is 0.302 e. The average molecular weight is 2010 g/mol. The Labute approximate surface area is 801 Å². The number of hydrogen-bond acceptors (Lipinski definition) is 44. The number of aromatic nitrogens is 18.